The van der Waals surface area contributed by atoms with Gasteiger partial charge in [0, 0.05) is 31.2 Å². The predicted octanol–water partition coefficient (Wildman–Crippen LogP) is 2.60. The van der Waals surface area contributed by atoms with Gasteiger partial charge in [-0.05, 0) is 31.0 Å². The van der Waals surface area contributed by atoms with E-state index in [0.29, 0.717) is 17.4 Å². The molecule has 0 atom stereocenters. The number of hydrogen-bond donors (Lipinski definition) is 0. The third-order valence-corrected chi connectivity index (χ3v) is 5.62. The summed E-state index contributed by atoms with van der Waals surface area (Å²) >= 11 is 0. The Hall–Kier alpha value is -3.00. The molecule has 2 aromatic heterocycles. The van der Waals surface area contributed by atoms with Gasteiger partial charge in [0.15, 0.2) is 5.82 Å². The van der Waals surface area contributed by atoms with Crippen LogP contribution in [0.1, 0.15) is 24.3 Å². The average molecular weight is 379 g/mol. The van der Waals surface area contributed by atoms with Crippen LogP contribution in [0.15, 0.2) is 40.9 Å². The van der Waals surface area contributed by atoms with E-state index in [-0.39, 0.29) is 12.0 Å². The standard InChI is InChI=1S/C20H21N5O3/c1-26-12-18-21-19(24-28-18)15-6-7-17(23-22-15)25-10-8-20(9-11-25)13-27-16-5-3-2-4-14(16)20/h2-7H,8-13H2,1H3. The average Bonchev–Trinajstić information content (AvgIpc) is 3.35. The largest absolute Gasteiger partial charge is 0.492 e. The van der Waals surface area contributed by atoms with Gasteiger partial charge in [-0.25, -0.2) is 0 Å². The molecule has 1 spiro atoms. The number of nitrogens with zero attached hydrogens (tertiary/aromatic N) is 5. The highest BCUT2D eigenvalue weighted by molar-refractivity contribution is 5.51. The molecule has 0 amide bonds. The van der Waals surface area contributed by atoms with Gasteiger partial charge in [0.2, 0.25) is 5.82 Å². The lowest BCUT2D eigenvalue weighted by atomic mass is 9.74. The first-order chi connectivity index (χ1) is 13.8. The van der Waals surface area contributed by atoms with Crippen molar-refractivity contribution in [3.05, 3.63) is 47.9 Å². The maximum absolute atomic E-state index is 5.94. The molecule has 1 fully saturated rings. The Balaban J connectivity index is 1.28. The molecule has 4 heterocycles. The van der Waals surface area contributed by atoms with Gasteiger partial charge in [-0.2, -0.15) is 4.98 Å². The second-order valence-corrected chi connectivity index (χ2v) is 7.27. The highest BCUT2D eigenvalue weighted by Gasteiger charge is 2.43. The van der Waals surface area contributed by atoms with Gasteiger partial charge in [-0.15, -0.1) is 10.2 Å². The van der Waals surface area contributed by atoms with E-state index in [1.807, 2.05) is 18.2 Å². The van der Waals surface area contributed by atoms with E-state index < -0.39 is 0 Å². The van der Waals surface area contributed by atoms with Crippen molar-refractivity contribution in [1.82, 2.24) is 20.3 Å². The third-order valence-electron chi connectivity index (χ3n) is 5.62. The SMILES string of the molecule is COCc1nc(-c2ccc(N3CCC4(CC3)COc3ccccc34)nn2)no1. The van der Waals surface area contributed by atoms with Crippen LogP contribution in [0.2, 0.25) is 0 Å². The highest BCUT2D eigenvalue weighted by atomic mass is 16.5. The van der Waals surface area contributed by atoms with Crippen LogP contribution in [0.4, 0.5) is 5.82 Å². The number of anilines is 1. The van der Waals surface area contributed by atoms with Crippen LogP contribution in [-0.2, 0) is 16.8 Å². The van der Waals surface area contributed by atoms with E-state index in [1.54, 1.807) is 7.11 Å². The molecule has 2 aliphatic heterocycles. The summed E-state index contributed by atoms with van der Waals surface area (Å²) in [4.78, 5) is 6.52. The highest BCUT2D eigenvalue weighted by Crippen LogP contribution is 2.45. The van der Waals surface area contributed by atoms with Gasteiger partial charge >= 0.3 is 0 Å². The lowest BCUT2D eigenvalue weighted by molar-refractivity contribution is 0.151. The summed E-state index contributed by atoms with van der Waals surface area (Å²) in [5.41, 5.74) is 2.06. The Kier molecular flexibility index (Phi) is 4.20. The second kappa shape index (κ2) is 6.87. The summed E-state index contributed by atoms with van der Waals surface area (Å²) in [6.07, 6.45) is 2.08. The van der Waals surface area contributed by atoms with Gasteiger partial charge in [-0.3, -0.25) is 0 Å². The monoisotopic (exact) mass is 379 g/mol. The van der Waals surface area contributed by atoms with Crippen molar-refractivity contribution in [2.75, 3.05) is 31.7 Å². The Morgan fingerprint density at radius 2 is 1.96 bits per heavy atom. The van der Waals surface area contributed by atoms with E-state index in [9.17, 15) is 0 Å². The molecule has 8 nitrogen and oxygen atoms in total. The molecule has 0 radical (unpaired) electrons. The minimum atomic E-state index is 0.128. The van der Waals surface area contributed by atoms with Crippen molar-refractivity contribution in [1.29, 1.82) is 0 Å². The molecule has 1 aromatic carbocycles. The van der Waals surface area contributed by atoms with Crippen molar-refractivity contribution >= 4 is 5.82 Å². The van der Waals surface area contributed by atoms with Crippen LogP contribution < -0.4 is 9.64 Å². The molecule has 5 rings (SSSR count). The van der Waals surface area contributed by atoms with Gasteiger partial charge in [-0.1, -0.05) is 23.4 Å². The molecule has 1 saturated heterocycles. The maximum Gasteiger partial charge on any atom is 0.252 e. The smallest absolute Gasteiger partial charge is 0.252 e. The molecule has 0 saturated carbocycles. The molecule has 8 heteroatoms. The molecule has 2 aliphatic rings. The van der Waals surface area contributed by atoms with Gasteiger partial charge in [0.25, 0.3) is 5.89 Å². The lowest BCUT2D eigenvalue weighted by Crippen LogP contribution is -2.44. The zero-order chi connectivity index (χ0) is 19.0. The van der Waals surface area contributed by atoms with Crippen molar-refractivity contribution < 1.29 is 14.0 Å². The normalized spacial score (nSPS) is 17.5. The summed E-state index contributed by atoms with van der Waals surface area (Å²) in [5.74, 6) is 2.74. The number of piperidine rings is 1. The molecule has 0 unspecified atom stereocenters. The summed E-state index contributed by atoms with van der Waals surface area (Å²) in [6, 6.07) is 12.2. The first-order valence-electron chi connectivity index (χ1n) is 9.40. The fourth-order valence-electron chi connectivity index (χ4n) is 4.06. The van der Waals surface area contributed by atoms with E-state index in [1.165, 1.54) is 5.56 Å². The Bertz CT molecular complexity index is 964. The molecule has 28 heavy (non-hydrogen) atoms. The number of rotatable bonds is 4. The number of para-hydroxylation sites is 1. The first kappa shape index (κ1) is 17.1. The van der Waals surface area contributed by atoms with Crippen LogP contribution >= 0.6 is 0 Å². The van der Waals surface area contributed by atoms with E-state index >= 15 is 0 Å². The van der Waals surface area contributed by atoms with Crippen LogP contribution in [0, 0.1) is 0 Å². The van der Waals surface area contributed by atoms with Gasteiger partial charge < -0.3 is 18.9 Å². The molecule has 0 bridgehead atoms. The molecule has 3 aromatic rings. The van der Waals surface area contributed by atoms with Crippen molar-refractivity contribution in [2.45, 2.75) is 24.9 Å². The number of fused-ring (bicyclic) bond motifs is 2. The quantitative estimate of drug-likeness (QED) is 0.684. The van der Waals surface area contributed by atoms with Crippen molar-refractivity contribution in [3.8, 4) is 17.3 Å². The maximum atomic E-state index is 5.94. The number of aromatic nitrogens is 4. The van der Waals surface area contributed by atoms with Crippen LogP contribution in [0.25, 0.3) is 11.5 Å². The van der Waals surface area contributed by atoms with E-state index in [4.69, 9.17) is 14.0 Å². The summed E-state index contributed by atoms with van der Waals surface area (Å²) < 4.78 is 16.0. The predicted molar refractivity (Wildman–Crippen MR) is 101 cm³/mol. The van der Waals surface area contributed by atoms with Crippen LogP contribution in [0.5, 0.6) is 5.75 Å². The summed E-state index contributed by atoms with van der Waals surface area (Å²) in [6.45, 7) is 2.89. The second-order valence-electron chi connectivity index (χ2n) is 7.27. The minimum Gasteiger partial charge on any atom is -0.492 e. The molecule has 144 valence electrons. The fourth-order valence-corrected chi connectivity index (χ4v) is 4.06. The molecule has 0 aliphatic carbocycles. The number of hydrogen-bond acceptors (Lipinski definition) is 8. The number of methoxy groups -OCH3 is 1. The Morgan fingerprint density at radius 1 is 1.11 bits per heavy atom. The zero-order valence-corrected chi connectivity index (χ0v) is 15.7. The summed E-state index contributed by atoms with van der Waals surface area (Å²) in [5, 5.41) is 12.6. The third kappa shape index (κ3) is 2.90. The number of benzene rings is 1. The van der Waals surface area contributed by atoms with Crippen LogP contribution in [0.3, 0.4) is 0 Å². The Morgan fingerprint density at radius 3 is 2.75 bits per heavy atom. The summed E-state index contributed by atoms with van der Waals surface area (Å²) in [7, 11) is 1.58. The molecule has 0 N–H and O–H groups in total. The molecular weight excluding hydrogens is 358 g/mol. The van der Waals surface area contributed by atoms with Crippen LogP contribution in [-0.4, -0.2) is 47.1 Å². The van der Waals surface area contributed by atoms with Gasteiger partial charge in [0.1, 0.15) is 18.1 Å². The lowest BCUT2D eigenvalue weighted by Gasteiger charge is -2.38. The number of ether oxygens (including phenoxy) is 2. The molecular formula is C20H21N5O3. The minimum absolute atomic E-state index is 0.128. The van der Waals surface area contributed by atoms with Crippen molar-refractivity contribution in [2.24, 2.45) is 0 Å². The van der Waals surface area contributed by atoms with Crippen molar-refractivity contribution in [3.63, 3.8) is 0 Å². The zero-order valence-electron chi connectivity index (χ0n) is 15.7. The Labute approximate surface area is 162 Å². The topological polar surface area (TPSA) is 86.4 Å². The van der Waals surface area contributed by atoms with E-state index in [2.05, 4.69) is 43.4 Å². The fraction of sp³-hybridized carbons (Fsp3) is 0.400. The van der Waals surface area contributed by atoms with Gasteiger partial charge in [0.05, 0.1) is 6.61 Å². The first-order valence-corrected chi connectivity index (χ1v) is 9.40. The van der Waals surface area contributed by atoms with E-state index in [0.717, 1.165) is 44.1 Å².